The van der Waals surface area contributed by atoms with Gasteiger partial charge in [-0.1, -0.05) is 6.07 Å². The lowest BCUT2D eigenvalue weighted by atomic mass is 10.1. The summed E-state index contributed by atoms with van der Waals surface area (Å²) >= 11 is 0. The number of benzene rings is 1. The molecule has 122 valence electrons. The highest BCUT2D eigenvalue weighted by Gasteiger charge is 2.18. The van der Waals surface area contributed by atoms with Crippen molar-refractivity contribution >= 4 is 21.9 Å². The zero-order valence-electron chi connectivity index (χ0n) is 13.0. The van der Waals surface area contributed by atoms with Gasteiger partial charge in [-0.2, -0.15) is 0 Å². The molecule has 0 aliphatic heterocycles. The minimum absolute atomic E-state index is 0.0522. The zero-order valence-corrected chi connectivity index (χ0v) is 13.8. The molecule has 1 rings (SSSR count). The van der Waals surface area contributed by atoms with Crippen LogP contribution in [0.2, 0.25) is 0 Å². The van der Waals surface area contributed by atoms with Crippen LogP contribution in [0, 0.1) is 0 Å². The van der Waals surface area contributed by atoms with E-state index in [2.05, 4.69) is 10.0 Å². The van der Waals surface area contributed by atoms with E-state index < -0.39 is 34.0 Å². The first kappa shape index (κ1) is 18.1. The Morgan fingerprint density at radius 1 is 1.23 bits per heavy atom. The average Bonchev–Trinajstić information content (AvgIpc) is 2.43. The molecule has 7 nitrogen and oxygen atoms in total. The molecule has 1 amide bonds. The van der Waals surface area contributed by atoms with Crippen LogP contribution in [-0.2, 0) is 19.6 Å². The van der Waals surface area contributed by atoms with Gasteiger partial charge in [-0.25, -0.2) is 17.9 Å². The van der Waals surface area contributed by atoms with E-state index in [1.54, 1.807) is 20.8 Å². The molecular weight excluding hydrogens is 308 g/mol. The van der Waals surface area contributed by atoms with Crippen molar-refractivity contribution in [3.8, 4) is 0 Å². The highest BCUT2D eigenvalue weighted by molar-refractivity contribution is 7.89. The van der Waals surface area contributed by atoms with Crippen LogP contribution < -0.4 is 10.0 Å². The summed E-state index contributed by atoms with van der Waals surface area (Å²) in [6.07, 6.45) is 0. The number of carbonyl (C=O) groups excluding carboxylic acids is 2. The second-order valence-electron chi connectivity index (χ2n) is 5.61. The van der Waals surface area contributed by atoms with Crippen LogP contribution in [0.15, 0.2) is 29.2 Å². The molecule has 0 heterocycles. The molecule has 0 saturated heterocycles. The maximum Gasteiger partial charge on any atom is 0.338 e. The van der Waals surface area contributed by atoms with Crippen molar-refractivity contribution in [2.75, 3.05) is 13.7 Å². The summed E-state index contributed by atoms with van der Waals surface area (Å²) in [4.78, 5) is 23.4. The Morgan fingerprint density at radius 3 is 2.41 bits per heavy atom. The summed E-state index contributed by atoms with van der Waals surface area (Å²) in [5, 5.41) is 2.65. The SMILES string of the molecule is CNS(=O)(=O)c1cccc(C(=O)OCC(=O)NC(C)(C)C)c1. The van der Waals surface area contributed by atoms with Crippen LogP contribution in [0.1, 0.15) is 31.1 Å². The fraction of sp³-hybridized carbons (Fsp3) is 0.429. The zero-order chi connectivity index (χ0) is 17.0. The molecule has 0 spiro atoms. The number of amides is 1. The van der Waals surface area contributed by atoms with Gasteiger partial charge in [-0.05, 0) is 46.0 Å². The molecule has 0 bridgehead atoms. The first-order chi connectivity index (χ1) is 10.0. The Balaban J connectivity index is 2.75. The Labute approximate surface area is 130 Å². The topological polar surface area (TPSA) is 102 Å². The van der Waals surface area contributed by atoms with E-state index in [0.717, 1.165) is 0 Å². The molecule has 22 heavy (non-hydrogen) atoms. The van der Waals surface area contributed by atoms with Crippen LogP contribution in [0.25, 0.3) is 0 Å². The third-order valence-electron chi connectivity index (χ3n) is 2.50. The summed E-state index contributed by atoms with van der Waals surface area (Å²) in [5.74, 6) is -1.20. The summed E-state index contributed by atoms with van der Waals surface area (Å²) < 4.78 is 30.4. The lowest BCUT2D eigenvalue weighted by Gasteiger charge is -2.20. The molecule has 2 N–H and O–H groups in total. The van der Waals surface area contributed by atoms with Crippen molar-refractivity contribution < 1.29 is 22.7 Å². The van der Waals surface area contributed by atoms with E-state index in [1.807, 2.05) is 0 Å². The molecule has 0 saturated carbocycles. The highest BCUT2D eigenvalue weighted by atomic mass is 32.2. The monoisotopic (exact) mass is 328 g/mol. The van der Waals surface area contributed by atoms with Gasteiger partial charge in [0.2, 0.25) is 10.0 Å². The molecule has 0 fully saturated rings. The molecule has 0 atom stereocenters. The average molecular weight is 328 g/mol. The summed E-state index contributed by atoms with van der Waals surface area (Å²) in [6, 6.07) is 5.39. The van der Waals surface area contributed by atoms with Crippen molar-refractivity contribution in [2.45, 2.75) is 31.2 Å². The Morgan fingerprint density at radius 2 is 1.86 bits per heavy atom. The Bertz CT molecular complexity index is 662. The number of sulfonamides is 1. The van der Waals surface area contributed by atoms with Gasteiger partial charge in [0, 0.05) is 5.54 Å². The molecule has 0 aliphatic carbocycles. The molecule has 1 aromatic rings. The normalized spacial score (nSPS) is 11.8. The second kappa shape index (κ2) is 6.89. The predicted octanol–water partition coefficient (Wildman–Crippen LogP) is 0.666. The summed E-state index contributed by atoms with van der Waals surface area (Å²) in [7, 11) is -2.37. The van der Waals surface area contributed by atoms with E-state index in [9.17, 15) is 18.0 Å². The first-order valence-corrected chi connectivity index (χ1v) is 8.05. The Kier molecular flexibility index (Phi) is 5.67. The van der Waals surface area contributed by atoms with E-state index in [-0.39, 0.29) is 10.5 Å². The van der Waals surface area contributed by atoms with Crippen molar-refractivity contribution in [3.63, 3.8) is 0 Å². The number of ether oxygens (including phenoxy) is 1. The van der Waals surface area contributed by atoms with Gasteiger partial charge >= 0.3 is 5.97 Å². The minimum Gasteiger partial charge on any atom is -0.452 e. The lowest BCUT2D eigenvalue weighted by molar-refractivity contribution is -0.125. The first-order valence-electron chi connectivity index (χ1n) is 6.57. The third kappa shape index (κ3) is 5.45. The number of rotatable bonds is 5. The molecule has 8 heteroatoms. The molecular formula is C14H20N2O5S. The van der Waals surface area contributed by atoms with Crippen LogP contribution in [-0.4, -0.2) is 39.5 Å². The standard InChI is InChI=1S/C14H20N2O5S/c1-14(2,3)16-12(17)9-21-13(18)10-6-5-7-11(8-10)22(19,20)15-4/h5-8,15H,9H2,1-4H3,(H,16,17). The van der Waals surface area contributed by atoms with Gasteiger partial charge in [0.25, 0.3) is 5.91 Å². The van der Waals surface area contributed by atoms with Gasteiger partial charge in [-0.15, -0.1) is 0 Å². The smallest absolute Gasteiger partial charge is 0.338 e. The van der Waals surface area contributed by atoms with Crippen LogP contribution in [0.4, 0.5) is 0 Å². The van der Waals surface area contributed by atoms with Crippen molar-refractivity contribution in [3.05, 3.63) is 29.8 Å². The van der Waals surface area contributed by atoms with E-state index in [1.165, 1.54) is 31.3 Å². The molecule has 0 aromatic heterocycles. The molecule has 0 radical (unpaired) electrons. The second-order valence-corrected chi connectivity index (χ2v) is 7.50. The quantitative estimate of drug-likeness (QED) is 0.774. The van der Waals surface area contributed by atoms with Crippen LogP contribution in [0.5, 0.6) is 0 Å². The van der Waals surface area contributed by atoms with Crippen molar-refractivity contribution in [1.29, 1.82) is 0 Å². The predicted molar refractivity (Wildman–Crippen MR) is 80.9 cm³/mol. The Hall–Kier alpha value is -1.93. The van der Waals surface area contributed by atoms with Crippen LogP contribution in [0.3, 0.4) is 0 Å². The third-order valence-corrected chi connectivity index (χ3v) is 3.91. The van der Waals surface area contributed by atoms with Gasteiger partial charge < -0.3 is 10.1 Å². The maximum atomic E-state index is 11.9. The fourth-order valence-electron chi connectivity index (χ4n) is 1.58. The van der Waals surface area contributed by atoms with Gasteiger partial charge in [0.1, 0.15) is 0 Å². The summed E-state index contributed by atoms with van der Waals surface area (Å²) in [6.45, 7) is 4.98. The van der Waals surface area contributed by atoms with Crippen molar-refractivity contribution in [2.24, 2.45) is 0 Å². The minimum atomic E-state index is -3.65. The number of hydrogen-bond acceptors (Lipinski definition) is 5. The molecule has 0 unspecified atom stereocenters. The van der Waals surface area contributed by atoms with E-state index in [4.69, 9.17) is 4.74 Å². The largest absolute Gasteiger partial charge is 0.452 e. The number of esters is 1. The molecule has 0 aliphatic rings. The number of hydrogen-bond donors (Lipinski definition) is 2. The summed E-state index contributed by atoms with van der Waals surface area (Å²) in [5.41, 5.74) is -0.371. The van der Waals surface area contributed by atoms with E-state index in [0.29, 0.717) is 0 Å². The van der Waals surface area contributed by atoms with Gasteiger partial charge in [0.15, 0.2) is 6.61 Å². The van der Waals surface area contributed by atoms with Crippen molar-refractivity contribution in [1.82, 2.24) is 10.0 Å². The maximum absolute atomic E-state index is 11.9. The fourth-order valence-corrected chi connectivity index (χ4v) is 2.35. The number of carbonyl (C=O) groups is 2. The molecule has 1 aromatic carbocycles. The highest BCUT2D eigenvalue weighted by Crippen LogP contribution is 2.12. The van der Waals surface area contributed by atoms with E-state index >= 15 is 0 Å². The van der Waals surface area contributed by atoms with Crippen LogP contribution >= 0.6 is 0 Å². The van der Waals surface area contributed by atoms with Gasteiger partial charge in [-0.3, -0.25) is 4.79 Å². The number of nitrogens with one attached hydrogen (secondary N) is 2. The lowest BCUT2D eigenvalue weighted by Crippen LogP contribution is -2.42. The van der Waals surface area contributed by atoms with Gasteiger partial charge in [0.05, 0.1) is 10.5 Å².